The zero-order valence-electron chi connectivity index (χ0n) is 14.9. The Hall–Kier alpha value is -3.75. The number of nitrogens with zero attached hydrogens (tertiary/aromatic N) is 5. The molecule has 5 heterocycles. The van der Waals surface area contributed by atoms with Crippen molar-refractivity contribution in [1.82, 2.24) is 18.9 Å². The van der Waals surface area contributed by atoms with Gasteiger partial charge in [0.05, 0.1) is 24.2 Å². The molecule has 0 saturated carbocycles. The molecule has 0 fully saturated rings. The zero-order chi connectivity index (χ0) is 18.7. The van der Waals surface area contributed by atoms with E-state index >= 15 is 0 Å². The lowest BCUT2D eigenvalue weighted by molar-refractivity contribution is 0.297. The number of fused-ring (bicyclic) bond motifs is 5. The third-order valence-electron chi connectivity index (χ3n) is 4.95. The largest absolute Gasteiger partial charge is 0.489 e. The summed E-state index contributed by atoms with van der Waals surface area (Å²) in [7, 11) is 0. The van der Waals surface area contributed by atoms with Crippen LogP contribution in [-0.2, 0) is 0 Å². The summed E-state index contributed by atoms with van der Waals surface area (Å²) in [6.45, 7) is 1.25. The molecule has 0 spiro atoms. The monoisotopic (exact) mass is 375 g/mol. The fourth-order valence-electron chi connectivity index (χ4n) is 3.70. The Morgan fingerprint density at radius 1 is 1.11 bits per heavy atom. The van der Waals surface area contributed by atoms with E-state index in [0.29, 0.717) is 36.6 Å². The van der Waals surface area contributed by atoms with Gasteiger partial charge in [0.2, 0.25) is 5.95 Å². The van der Waals surface area contributed by atoms with Crippen LogP contribution in [0.2, 0.25) is 0 Å². The maximum Gasteiger partial charge on any atom is 0.212 e. The van der Waals surface area contributed by atoms with Crippen molar-refractivity contribution >= 4 is 28.6 Å². The molecule has 1 unspecified atom stereocenters. The van der Waals surface area contributed by atoms with Gasteiger partial charge in [-0.15, -0.1) is 0 Å². The van der Waals surface area contributed by atoms with Gasteiger partial charge < -0.3 is 19.6 Å². The van der Waals surface area contributed by atoms with Crippen molar-refractivity contribution in [2.45, 2.75) is 12.6 Å². The van der Waals surface area contributed by atoms with Crippen molar-refractivity contribution < 1.29 is 9.47 Å². The van der Waals surface area contributed by atoms with Crippen LogP contribution < -0.4 is 20.5 Å². The molecule has 0 saturated heterocycles. The maximum absolute atomic E-state index is 6.04. The fourth-order valence-corrected chi connectivity index (χ4v) is 3.70. The molecule has 6 rings (SSSR count). The lowest BCUT2D eigenvalue weighted by Gasteiger charge is -2.22. The van der Waals surface area contributed by atoms with Gasteiger partial charge in [0.15, 0.2) is 23.6 Å². The number of guanidine groups is 1. The standard InChI is InChI=1S/C19H17N7O2/c20-18-23-17(12-10-25-5-2-1-4-16(25)21-12)26-13-9-15-14(27-6-3-7-28-15)8-11(13)22-19(26)24-18/h1-2,4-5,8-10,17H,3,6-7H2,(H3,20,22,23,24). The van der Waals surface area contributed by atoms with E-state index in [0.717, 1.165) is 28.8 Å². The van der Waals surface area contributed by atoms with E-state index in [1.165, 1.54) is 0 Å². The molecule has 0 aliphatic carbocycles. The highest BCUT2D eigenvalue weighted by molar-refractivity contribution is 5.95. The minimum Gasteiger partial charge on any atom is -0.489 e. The summed E-state index contributed by atoms with van der Waals surface area (Å²) in [6.07, 6.45) is 4.34. The number of nitrogens with two attached hydrogens (primary N) is 1. The SMILES string of the molecule is NC1=NC(c2cn3ccccc3n2)n2c(nc3cc4c(cc32)OCCCO4)N1. The molecule has 9 nitrogen and oxygen atoms in total. The van der Waals surface area contributed by atoms with Crippen molar-refractivity contribution in [3.05, 3.63) is 48.4 Å². The molecule has 3 aromatic heterocycles. The Balaban J connectivity index is 1.56. The van der Waals surface area contributed by atoms with Gasteiger partial charge in [-0.2, -0.15) is 0 Å². The summed E-state index contributed by atoms with van der Waals surface area (Å²) in [6, 6.07) is 9.73. The first kappa shape index (κ1) is 15.3. The normalized spacial score (nSPS) is 18.4. The third-order valence-corrected chi connectivity index (χ3v) is 4.95. The molecule has 9 heteroatoms. The summed E-state index contributed by atoms with van der Waals surface area (Å²) in [5.41, 5.74) is 9.33. The predicted molar refractivity (Wildman–Crippen MR) is 104 cm³/mol. The average molecular weight is 375 g/mol. The van der Waals surface area contributed by atoms with Crippen molar-refractivity contribution in [2.75, 3.05) is 18.5 Å². The van der Waals surface area contributed by atoms with Crippen LogP contribution in [0.5, 0.6) is 11.5 Å². The van der Waals surface area contributed by atoms with Crippen LogP contribution in [-0.4, -0.2) is 38.1 Å². The van der Waals surface area contributed by atoms with Gasteiger partial charge in [0, 0.05) is 30.9 Å². The van der Waals surface area contributed by atoms with Crippen molar-refractivity contribution in [1.29, 1.82) is 0 Å². The smallest absolute Gasteiger partial charge is 0.212 e. The van der Waals surface area contributed by atoms with Crippen LogP contribution in [0.15, 0.2) is 47.7 Å². The second kappa shape index (κ2) is 5.62. The van der Waals surface area contributed by atoms with Crippen LogP contribution in [0.4, 0.5) is 5.95 Å². The third kappa shape index (κ3) is 2.22. The van der Waals surface area contributed by atoms with E-state index < -0.39 is 6.17 Å². The van der Waals surface area contributed by atoms with E-state index in [9.17, 15) is 0 Å². The van der Waals surface area contributed by atoms with E-state index in [2.05, 4.69) is 10.3 Å². The van der Waals surface area contributed by atoms with Crippen molar-refractivity contribution in [3.63, 3.8) is 0 Å². The fraction of sp³-hybridized carbons (Fsp3) is 0.211. The topological polar surface area (TPSA) is 104 Å². The van der Waals surface area contributed by atoms with Gasteiger partial charge in [-0.05, 0) is 12.1 Å². The van der Waals surface area contributed by atoms with Gasteiger partial charge >= 0.3 is 0 Å². The quantitative estimate of drug-likeness (QED) is 0.528. The van der Waals surface area contributed by atoms with Crippen LogP contribution in [0.1, 0.15) is 18.3 Å². The summed E-state index contributed by atoms with van der Waals surface area (Å²) < 4.78 is 15.6. The Bertz CT molecular complexity index is 1220. The van der Waals surface area contributed by atoms with Gasteiger partial charge in [0.25, 0.3) is 0 Å². The number of hydrogen-bond acceptors (Lipinski definition) is 7. The van der Waals surface area contributed by atoms with Crippen LogP contribution in [0.25, 0.3) is 16.7 Å². The molecule has 1 atom stereocenters. The summed E-state index contributed by atoms with van der Waals surface area (Å²) >= 11 is 0. The van der Waals surface area contributed by atoms with Gasteiger partial charge in [0.1, 0.15) is 11.3 Å². The number of ether oxygens (including phenoxy) is 2. The molecule has 2 aliphatic heterocycles. The first-order valence-electron chi connectivity index (χ1n) is 9.12. The molecule has 140 valence electrons. The van der Waals surface area contributed by atoms with E-state index in [4.69, 9.17) is 25.2 Å². The van der Waals surface area contributed by atoms with Gasteiger partial charge in [-0.25, -0.2) is 15.0 Å². The molecular weight excluding hydrogens is 358 g/mol. The van der Waals surface area contributed by atoms with E-state index in [-0.39, 0.29) is 0 Å². The van der Waals surface area contributed by atoms with Gasteiger partial charge in [-0.1, -0.05) is 6.07 Å². The number of imidazole rings is 2. The van der Waals surface area contributed by atoms with Crippen LogP contribution in [0.3, 0.4) is 0 Å². The first-order valence-corrected chi connectivity index (χ1v) is 9.12. The highest BCUT2D eigenvalue weighted by Gasteiger charge is 2.28. The molecule has 0 bridgehead atoms. The second-order valence-electron chi connectivity index (χ2n) is 6.79. The molecular formula is C19H17N7O2. The van der Waals surface area contributed by atoms with Gasteiger partial charge in [-0.3, -0.25) is 9.88 Å². The van der Waals surface area contributed by atoms with Crippen molar-refractivity contribution in [3.8, 4) is 11.5 Å². The van der Waals surface area contributed by atoms with Crippen LogP contribution in [0, 0.1) is 0 Å². The average Bonchev–Trinajstić information content (AvgIpc) is 3.19. The Labute approximate surface area is 159 Å². The maximum atomic E-state index is 6.04. The minimum atomic E-state index is -0.425. The number of anilines is 1. The lowest BCUT2D eigenvalue weighted by atomic mass is 10.2. The first-order chi connectivity index (χ1) is 13.8. The number of aromatic nitrogens is 4. The number of rotatable bonds is 1. The second-order valence-corrected chi connectivity index (χ2v) is 6.79. The lowest BCUT2D eigenvalue weighted by Crippen LogP contribution is -2.31. The highest BCUT2D eigenvalue weighted by atomic mass is 16.5. The number of benzene rings is 1. The molecule has 2 aliphatic rings. The summed E-state index contributed by atoms with van der Waals surface area (Å²) in [5.74, 6) is 2.34. The molecule has 0 radical (unpaired) electrons. The molecule has 28 heavy (non-hydrogen) atoms. The van der Waals surface area contributed by atoms with Crippen LogP contribution >= 0.6 is 0 Å². The molecule has 4 aromatic rings. The number of aliphatic imine (C=N–C) groups is 1. The minimum absolute atomic E-state index is 0.305. The predicted octanol–water partition coefficient (Wildman–Crippen LogP) is 2.13. The molecule has 3 N–H and O–H groups in total. The summed E-state index contributed by atoms with van der Waals surface area (Å²) in [5, 5.41) is 3.05. The molecule has 1 aromatic carbocycles. The van der Waals surface area contributed by atoms with Crippen molar-refractivity contribution in [2.24, 2.45) is 10.7 Å². The number of hydrogen-bond donors (Lipinski definition) is 2. The zero-order valence-corrected chi connectivity index (χ0v) is 14.9. The molecule has 0 amide bonds. The Morgan fingerprint density at radius 2 is 1.96 bits per heavy atom. The van der Waals surface area contributed by atoms with E-state index in [1.54, 1.807) is 0 Å². The Morgan fingerprint density at radius 3 is 2.82 bits per heavy atom. The Kier molecular flexibility index (Phi) is 3.08. The highest BCUT2D eigenvalue weighted by Crippen LogP contribution is 2.38. The summed E-state index contributed by atoms with van der Waals surface area (Å²) in [4.78, 5) is 14.0. The number of nitrogens with one attached hydrogen (secondary N) is 1. The van der Waals surface area contributed by atoms with E-state index in [1.807, 2.05) is 51.7 Å². The number of pyridine rings is 1.